The lowest BCUT2D eigenvalue weighted by Gasteiger charge is -2.14. The molecule has 5 heteroatoms. The Labute approximate surface area is 124 Å². The van der Waals surface area contributed by atoms with Gasteiger partial charge in [0.25, 0.3) is 0 Å². The maximum atomic E-state index is 10.8. The molecule has 1 rings (SSSR count). The SMILES string of the molecule is CC(C=CC=C(C)C(O)C(C)C(=O)O)=Cc1coc(C)n1. The Morgan fingerprint density at radius 1 is 1.43 bits per heavy atom. The third kappa shape index (κ3) is 5.39. The smallest absolute Gasteiger partial charge is 0.309 e. The lowest BCUT2D eigenvalue weighted by atomic mass is 9.98. The van der Waals surface area contributed by atoms with Crippen LogP contribution in [-0.2, 0) is 4.79 Å². The molecule has 0 aliphatic heterocycles. The van der Waals surface area contributed by atoms with Crippen LogP contribution in [0.2, 0.25) is 0 Å². The molecule has 0 spiro atoms. The Morgan fingerprint density at radius 3 is 2.62 bits per heavy atom. The summed E-state index contributed by atoms with van der Waals surface area (Å²) in [7, 11) is 0. The number of nitrogens with zero attached hydrogens (tertiary/aromatic N) is 1. The molecule has 114 valence electrons. The van der Waals surface area contributed by atoms with Gasteiger partial charge in [-0.25, -0.2) is 4.98 Å². The van der Waals surface area contributed by atoms with Gasteiger partial charge in [-0.3, -0.25) is 4.79 Å². The van der Waals surface area contributed by atoms with E-state index in [2.05, 4.69) is 4.98 Å². The normalized spacial score (nSPS) is 16.2. The molecule has 0 saturated heterocycles. The molecule has 5 nitrogen and oxygen atoms in total. The summed E-state index contributed by atoms with van der Waals surface area (Å²) in [4.78, 5) is 15.0. The number of hydrogen-bond donors (Lipinski definition) is 2. The lowest BCUT2D eigenvalue weighted by molar-refractivity contribution is -0.143. The number of carbonyl (C=O) groups is 1. The molecule has 2 unspecified atom stereocenters. The summed E-state index contributed by atoms with van der Waals surface area (Å²) in [6.45, 7) is 6.88. The summed E-state index contributed by atoms with van der Waals surface area (Å²) in [6.07, 6.45) is 7.78. The van der Waals surface area contributed by atoms with Crippen molar-refractivity contribution in [3.05, 3.63) is 47.2 Å². The first-order valence-corrected chi connectivity index (χ1v) is 6.67. The molecule has 0 aliphatic rings. The zero-order chi connectivity index (χ0) is 16.0. The zero-order valence-electron chi connectivity index (χ0n) is 12.7. The number of carboxylic acids is 1. The van der Waals surface area contributed by atoms with Gasteiger partial charge in [-0.05, 0) is 38.0 Å². The molecule has 0 radical (unpaired) electrons. The van der Waals surface area contributed by atoms with Crippen molar-refractivity contribution in [1.29, 1.82) is 0 Å². The number of oxazole rings is 1. The van der Waals surface area contributed by atoms with Crippen molar-refractivity contribution in [2.24, 2.45) is 5.92 Å². The second-order valence-corrected chi connectivity index (χ2v) is 5.02. The van der Waals surface area contributed by atoms with Crippen molar-refractivity contribution in [1.82, 2.24) is 4.98 Å². The predicted octanol–water partition coefficient (Wildman–Crippen LogP) is 2.97. The van der Waals surface area contributed by atoms with Gasteiger partial charge < -0.3 is 14.6 Å². The largest absolute Gasteiger partial charge is 0.481 e. The van der Waals surface area contributed by atoms with Crippen LogP contribution in [0.4, 0.5) is 0 Å². The zero-order valence-corrected chi connectivity index (χ0v) is 12.7. The summed E-state index contributed by atoms with van der Waals surface area (Å²) in [6, 6.07) is 0. The van der Waals surface area contributed by atoms with E-state index >= 15 is 0 Å². The van der Waals surface area contributed by atoms with Crippen LogP contribution in [0.15, 0.2) is 40.1 Å². The van der Waals surface area contributed by atoms with E-state index in [1.54, 1.807) is 32.3 Å². The fourth-order valence-electron chi connectivity index (χ4n) is 1.71. The Morgan fingerprint density at radius 2 is 2.10 bits per heavy atom. The van der Waals surface area contributed by atoms with Gasteiger partial charge in [0.15, 0.2) is 5.89 Å². The van der Waals surface area contributed by atoms with Crippen LogP contribution < -0.4 is 0 Å². The van der Waals surface area contributed by atoms with E-state index in [4.69, 9.17) is 9.52 Å². The second kappa shape index (κ2) is 7.59. The van der Waals surface area contributed by atoms with Gasteiger partial charge >= 0.3 is 5.97 Å². The van der Waals surface area contributed by atoms with Crippen molar-refractivity contribution in [2.75, 3.05) is 0 Å². The van der Waals surface area contributed by atoms with E-state index < -0.39 is 18.0 Å². The van der Waals surface area contributed by atoms with Crippen LogP contribution in [0.5, 0.6) is 0 Å². The maximum absolute atomic E-state index is 10.8. The molecule has 2 atom stereocenters. The van der Waals surface area contributed by atoms with Crippen molar-refractivity contribution in [3.63, 3.8) is 0 Å². The van der Waals surface area contributed by atoms with Gasteiger partial charge in [0.1, 0.15) is 12.0 Å². The van der Waals surface area contributed by atoms with E-state index in [0.29, 0.717) is 11.5 Å². The molecule has 1 aromatic heterocycles. The number of aliphatic hydroxyl groups excluding tert-OH is 1. The lowest BCUT2D eigenvalue weighted by Crippen LogP contribution is -2.26. The molecule has 0 bridgehead atoms. The highest BCUT2D eigenvalue weighted by molar-refractivity contribution is 5.70. The Balaban J connectivity index is 2.69. The average Bonchev–Trinajstić information content (AvgIpc) is 2.81. The number of rotatable bonds is 6. The van der Waals surface area contributed by atoms with Gasteiger partial charge in [-0.2, -0.15) is 0 Å². The first kappa shape index (κ1) is 16.9. The van der Waals surface area contributed by atoms with Gasteiger partial charge in [-0.15, -0.1) is 0 Å². The Kier molecular flexibility index (Phi) is 6.11. The molecule has 21 heavy (non-hydrogen) atoms. The number of aromatic nitrogens is 1. The molecule has 0 fully saturated rings. The van der Waals surface area contributed by atoms with E-state index in [-0.39, 0.29) is 0 Å². The molecule has 0 saturated carbocycles. The molecular weight excluding hydrogens is 270 g/mol. The minimum absolute atomic E-state index is 0.603. The van der Waals surface area contributed by atoms with Gasteiger partial charge in [0.2, 0.25) is 0 Å². The number of aliphatic hydroxyl groups is 1. The standard InChI is InChI=1S/C16H21NO4/c1-10(8-14-9-21-13(4)17-14)6-5-7-11(2)15(18)12(3)16(19)20/h5-9,12,15,18H,1-4H3,(H,19,20). The van der Waals surface area contributed by atoms with E-state index in [0.717, 1.165) is 11.3 Å². The summed E-state index contributed by atoms with van der Waals surface area (Å²) >= 11 is 0. The summed E-state index contributed by atoms with van der Waals surface area (Å²) in [5.74, 6) is -1.24. The topological polar surface area (TPSA) is 83.6 Å². The first-order valence-electron chi connectivity index (χ1n) is 6.67. The van der Waals surface area contributed by atoms with E-state index in [9.17, 15) is 9.90 Å². The number of aryl methyl sites for hydroxylation is 1. The van der Waals surface area contributed by atoms with Crippen LogP contribution in [0.3, 0.4) is 0 Å². The minimum Gasteiger partial charge on any atom is -0.481 e. The molecule has 0 amide bonds. The monoisotopic (exact) mass is 291 g/mol. The summed E-state index contributed by atoms with van der Waals surface area (Å²) in [5.41, 5.74) is 2.31. The third-order valence-electron chi connectivity index (χ3n) is 3.06. The first-order chi connectivity index (χ1) is 9.81. The van der Waals surface area contributed by atoms with Crippen LogP contribution in [0.1, 0.15) is 32.4 Å². The summed E-state index contributed by atoms with van der Waals surface area (Å²) < 4.78 is 5.11. The van der Waals surface area contributed by atoms with Gasteiger partial charge in [-0.1, -0.05) is 18.2 Å². The molecular formula is C16H21NO4. The van der Waals surface area contributed by atoms with Crippen LogP contribution in [-0.4, -0.2) is 27.3 Å². The molecule has 0 aliphatic carbocycles. The van der Waals surface area contributed by atoms with Crippen LogP contribution in [0, 0.1) is 12.8 Å². The molecule has 1 aromatic rings. The fourth-order valence-corrected chi connectivity index (χ4v) is 1.71. The van der Waals surface area contributed by atoms with Crippen molar-refractivity contribution in [2.45, 2.75) is 33.8 Å². The second-order valence-electron chi connectivity index (χ2n) is 5.02. The molecule has 0 aromatic carbocycles. The minimum atomic E-state index is -1.02. The van der Waals surface area contributed by atoms with Gasteiger partial charge in [0, 0.05) is 6.92 Å². The van der Waals surface area contributed by atoms with Crippen molar-refractivity contribution in [3.8, 4) is 0 Å². The fraction of sp³-hybridized carbons (Fsp3) is 0.375. The number of aliphatic carboxylic acids is 1. The quantitative estimate of drug-likeness (QED) is 0.787. The number of carboxylic acid groups (broad SMARTS) is 1. The van der Waals surface area contributed by atoms with Crippen molar-refractivity contribution >= 4 is 12.0 Å². The molecule has 2 N–H and O–H groups in total. The summed E-state index contributed by atoms with van der Waals surface area (Å²) in [5, 5.41) is 18.7. The number of allylic oxidation sites excluding steroid dienone is 4. The van der Waals surface area contributed by atoms with Crippen LogP contribution >= 0.6 is 0 Å². The number of hydrogen-bond acceptors (Lipinski definition) is 4. The third-order valence-corrected chi connectivity index (χ3v) is 3.06. The maximum Gasteiger partial charge on any atom is 0.309 e. The van der Waals surface area contributed by atoms with E-state index in [1.807, 2.05) is 19.1 Å². The highest BCUT2D eigenvalue weighted by Crippen LogP contribution is 2.13. The molecule has 1 heterocycles. The Bertz CT molecular complexity index is 581. The van der Waals surface area contributed by atoms with Crippen molar-refractivity contribution < 1.29 is 19.4 Å². The van der Waals surface area contributed by atoms with Gasteiger partial charge in [0.05, 0.1) is 12.0 Å². The highest BCUT2D eigenvalue weighted by Gasteiger charge is 2.21. The highest BCUT2D eigenvalue weighted by atomic mass is 16.4. The average molecular weight is 291 g/mol. The predicted molar refractivity (Wildman–Crippen MR) is 80.6 cm³/mol. The Hall–Kier alpha value is -2.14. The van der Waals surface area contributed by atoms with Crippen LogP contribution in [0.25, 0.3) is 6.08 Å². The van der Waals surface area contributed by atoms with E-state index in [1.165, 1.54) is 6.92 Å².